The molecule has 1 fully saturated rings. The van der Waals surface area contributed by atoms with E-state index in [1.165, 1.54) is 23.5 Å². The lowest BCUT2D eigenvalue weighted by atomic mass is 10.1. The van der Waals surface area contributed by atoms with Crippen LogP contribution in [0.15, 0.2) is 36.4 Å². The molecule has 2 aromatic carbocycles. The van der Waals surface area contributed by atoms with Crippen molar-refractivity contribution in [3.05, 3.63) is 63.8 Å². The quantitative estimate of drug-likeness (QED) is 0.681. The van der Waals surface area contributed by atoms with Gasteiger partial charge in [0.25, 0.3) is 11.8 Å². The lowest BCUT2D eigenvalue weighted by Crippen LogP contribution is -2.25. The monoisotopic (exact) mass is 382 g/mol. The van der Waals surface area contributed by atoms with Gasteiger partial charge in [-0.3, -0.25) is 9.59 Å². The maximum Gasteiger partial charge on any atom is 0.266 e. The molecule has 2 N–H and O–H groups in total. The number of nitrogens with one attached hydrogen (secondary N) is 2. The molecule has 2 amide bonds. The minimum atomic E-state index is -0.319. The molecule has 1 heterocycles. The summed E-state index contributed by atoms with van der Waals surface area (Å²) in [5, 5.41) is 6.60. The van der Waals surface area contributed by atoms with Crippen molar-refractivity contribution < 1.29 is 14.0 Å². The van der Waals surface area contributed by atoms with E-state index in [9.17, 15) is 14.0 Å². The van der Waals surface area contributed by atoms with Gasteiger partial charge < -0.3 is 10.6 Å². The summed E-state index contributed by atoms with van der Waals surface area (Å²) in [7, 11) is 0. The molecule has 0 spiro atoms. The van der Waals surface area contributed by atoms with Crippen molar-refractivity contribution in [2.24, 2.45) is 0 Å². The number of fused-ring (bicyclic) bond motifs is 1. The number of rotatable bonds is 4. The maximum atomic E-state index is 13.5. The second kappa shape index (κ2) is 6.78. The fraction of sp³-hybridized carbons (Fsp3) is 0.238. The predicted octanol–water partition coefficient (Wildman–Crippen LogP) is 4.80. The fourth-order valence-electron chi connectivity index (χ4n) is 2.98. The molecule has 0 saturated heterocycles. The van der Waals surface area contributed by atoms with Crippen LogP contribution in [0.5, 0.6) is 0 Å². The van der Waals surface area contributed by atoms with Gasteiger partial charge in [-0.15, -0.1) is 11.3 Å². The van der Waals surface area contributed by atoms with Crippen LogP contribution in [0.1, 0.15) is 44.0 Å². The highest BCUT2D eigenvalue weighted by Gasteiger charge is 2.24. The number of carbonyl (C=O) groups is 2. The summed E-state index contributed by atoms with van der Waals surface area (Å²) in [6.45, 7) is 3.70. The first-order valence-electron chi connectivity index (χ1n) is 8.84. The van der Waals surface area contributed by atoms with Gasteiger partial charge in [-0.25, -0.2) is 4.39 Å². The van der Waals surface area contributed by atoms with Crippen molar-refractivity contribution in [3.8, 4) is 0 Å². The summed E-state index contributed by atoms with van der Waals surface area (Å²) >= 11 is 1.33. The zero-order valence-electron chi connectivity index (χ0n) is 15.1. The van der Waals surface area contributed by atoms with Crippen molar-refractivity contribution in [3.63, 3.8) is 0 Å². The van der Waals surface area contributed by atoms with Crippen LogP contribution in [-0.2, 0) is 0 Å². The Bertz CT molecular complexity index is 1070. The van der Waals surface area contributed by atoms with Gasteiger partial charge >= 0.3 is 0 Å². The van der Waals surface area contributed by atoms with Crippen molar-refractivity contribution in [1.29, 1.82) is 0 Å². The van der Waals surface area contributed by atoms with E-state index in [1.807, 2.05) is 19.9 Å². The van der Waals surface area contributed by atoms with E-state index in [1.54, 1.807) is 18.2 Å². The van der Waals surface area contributed by atoms with Crippen molar-refractivity contribution in [1.82, 2.24) is 5.32 Å². The first-order chi connectivity index (χ1) is 12.9. The first kappa shape index (κ1) is 17.7. The molecule has 0 radical (unpaired) electrons. The van der Waals surface area contributed by atoms with Gasteiger partial charge in [0.15, 0.2) is 0 Å². The number of aryl methyl sites for hydroxylation is 2. The van der Waals surface area contributed by atoms with Gasteiger partial charge in [0.05, 0.1) is 4.88 Å². The molecule has 1 aliphatic rings. The Kier molecular flexibility index (Phi) is 4.44. The normalized spacial score (nSPS) is 13.6. The Hall–Kier alpha value is -2.73. The Morgan fingerprint density at radius 3 is 2.59 bits per heavy atom. The van der Waals surface area contributed by atoms with Gasteiger partial charge in [-0.1, -0.05) is 6.07 Å². The molecule has 0 atom stereocenters. The average Bonchev–Trinajstić information content (AvgIpc) is 3.39. The Morgan fingerprint density at radius 1 is 1.07 bits per heavy atom. The van der Waals surface area contributed by atoms with Gasteiger partial charge in [-0.2, -0.15) is 0 Å². The van der Waals surface area contributed by atoms with Crippen LogP contribution in [0.2, 0.25) is 0 Å². The SMILES string of the molecule is Cc1ccc(C(=O)NC2CC2)cc1NC(=O)c1sc2ccc(F)cc2c1C. The molecule has 0 bridgehead atoms. The molecule has 1 saturated carbocycles. The molecule has 0 aliphatic heterocycles. The van der Waals surface area contributed by atoms with Crippen LogP contribution in [0.25, 0.3) is 10.1 Å². The number of hydrogen-bond donors (Lipinski definition) is 2. The van der Waals surface area contributed by atoms with Gasteiger partial charge in [0.2, 0.25) is 0 Å². The topological polar surface area (TPSA) is 58.2 Å². The number of amides is 2. The molecule has 4 rings (SSSR count). The van der Waals surface area contributed by atoms with Crippen LogP contribution < -0.4 is 10.6 Å². The minimum Gasteiger partial charge on any atom is -0.349 e. The van der Waals surface area contributed by atoms with Crippen LogP contribution in [0.4, 0.5) is 10.1 Å². The fourth-order valence-corrected chi connectivity index (χ4v) is 4.07. The Balaban J connectivity index is 1.60. The number of carbonyl (C=O) groups excluding carboxylic acids is 2. The average molecular weight is 382 g/mol. The highest BCUT2D eigenvalue weighted by atomic mass is 32.1. The third-order valence-corrected chi connectivity index (χ3v) is 6.04. The molecule has 3 aromatic rings. The first-order valence-corrected chi connectivity index (χ1v) is 9.65. The van der Waals surface area contributed by atoms with Gasteiger partial charge in [0.1, 0.15) is 5.82 Å². The van der Waals surface area contributed by atoms with E-state index >= 15 is 0 Å². The third-order valence-electron chi connectivity index (χ3n) is 4.76. The van der Waals surface area contributed by atoms with Crippen LogP contribution in [0, 0.1) is 19.7 Å². The molecular weight excluding hydrogens is 363 g/mol. The van der Waals surface area contributed by atoms with E-state index in [2.05, 4.69) is 10.6 Å². The summed E-state index contributed by atoms with van der Waals surface area (Å²) in [5.41, 5.74) is 2.76. The number of thiophene rings is 1. The van der Waals surface area contributed by atoms with E-state index in [-0.39, 0.29) is 23.7 Å². The Morgan fingerprint density at radius 2 is 1.85 bits per heavy atom. The van der Waals surface area contributed by atoms with Crippen molar-refractivity contribution >= 4 is 38.9 Å². The smallest absolute Gasteiger partial charge is 0.266 e. The molecule has 138 valence electrons. The summed E-state index contributed by atoms with van der Waals surface area (Å²) in [4.78, 5) is 25.6. The van der Waals surface area contributed by atoms with E-state index in [4.69, 9.17) is 0 Å². The highest BCUT2D eigenvalue weighted by Crippen LogP contribution is 2.32. The highest BCUT2D eigenvalue weighted by molar-refractivity contribution is 7.21. The van der Waals surface area contributed by atoms with E-state index in [0.717, 1.165) is 34.1 Å². The maximum absolute atomic E-state index is 13.5. The summed E-state index contributed by atoms with van der Waals surface area (Å²) in [6.07, 6.45) is 2.04. The Labute approximate surface area is 160 Å². The predicted molar refractivity (Wildman–Crippen MR) is 106 cm³/mol. The zero-order chi connectivity index (χ0) is 19.1. The molecule has 1 aliphatic carbocycles. The zero-order valence-corrected chi connectivity index (χ0v) is 15.9. The molecule has 6 heteroatoms. The summed E-state index contributed by atoms with van der Waals surface area (Å²) in [5.74, 6) is -0.695. The lowest BCUT2D eigenvalue weighted by molar-refractivity contribution is 0.0949. The molecule has 0 unspecified atom stereocenters. The molecular formula is C21H19FN2O2S. The third kappa shape index (κ3) is 3.57. The number of hydrogen-bond acceptors (Lipinski definition) is 3. The molecule has 27 heavy (non-hydrogen) atoms. The number of anilines is 1. The minimum absolute atomic E-state index is 0.124. The molecule has 4 nitrogen and oxygen atoms in total. The second-order valence-corrected chi connectivity index (χ2v) is 7.98. The standard InChI is InChI=1S/C21H19FN2O2S/c1-11-3-4-13(20(25)23-15-6-7-15)9-17(11)24-21(26)19-12(2)16-10-14(22)5-8-18(16)27-19/h3-5,8-10,15H,6-7H2,1-2H3,(H,23,25)(H,24,26). The van der Waals surface area contributed by atoms with Crippen molar-refractivity contribution in [2.45, 2.75) is 32.7 Å². The second-order valence-electron chi connectivity index (χ2n) is 6.93. The lowest BCUT2D eigenvalue weighted by Gasteiger charge is -2.11. The summed E-state index contributed by atoms with van der Waals surface area (Å²) < 4.78 is 14.4. The van der Waals surface area contributed by atoms with Gasteiger partial charge in [0, 0.05) is 22.0 Å². The molecule has 1 aromatic heterocycles. The van der Waals surface area contributed by atoms with E-state index in [0.29, 0.717) is 16.1 Å². The number of benzene rings is 2. The number of halogens is 1. The van der Waals surface area contributed by atoms with E-state index < -0.39 is 0 Å². The summed E-state index contributed by atoms with van der Waals surface area (Å²) in [6, 6.07) is 10.1. The van der Waals surface area contributed by atoms with Crippen LogP contribution >= 0.6 is 11.3 Å². The largest absolute Gasteiger partial charge is 0.349 e. The van der Waals surface area contributed by atoms with Crippen molar-refractivity contribution in [2.75, 3.05) is 5.32 Å². The van der Waals surface area contributed by atoms with Crippen LogP contribution in [-0.4, -0.2) is 17.9 Å². The van der Waals surface area contributed by atoms with Gasteiger partial charge in [-0.05, 0) is 73.5 Å². The van der Waals surface area contributed by atoms with Crippen LogP contribution in [0.3, 0.4) is 0 Å².